The highest BCUT2D eigenvalue weighted by Crippen LogP contribution is 2.29. The van der Waals surface area contributed by atoms with E-state index in [0.29, 0.717) is 12.4 Å². The maximum Gasteiger partial charge on any atom is 0.136 e. The summed E-state index contributed by atoms with van der Waals surface area (Å²) in [7, 11) is 0. The predicted octanol–water partition coefficient (Wildman–Crippen LogP) is 3.10. The highest BCUT2D eigenvalue weighted by Gasteiger charge is 2.19. The van der Waals surface area contributed by atoms with E-state index in [9.17, 15) is 5.11 Å². The number of halogens is 1. The number of rotatable bonds is 2. The topological polar surface area (TPSA) is 29.5 Å². The molecule has 0 radical (unpaired) electrons. The molecule has 3 heteroatoms. The maximum absolute atomic E-state index is 10.1. The van der Waals surface area contributed by atoms with Gasteiger partial charge in [-0.1, -0.05) is 22.0 Å². The molecule has 0 spiro atoms. The molecule has 1 aliphatic heterocycles. The van der Waals surface area contributed by atoms with Crippen molar-refractivity contribution in [1.29, 1.82) is 0 Å². The summed E-state index contributed by atoms with van der Waals surface area (Å²) >= 11 is 3.40. The summed E-state index contributed by atoms with van der Waals surface area (Å²) in [6.07, 6.45) is 2.22. The Morgan fingerprint density at radius 1 is 1.47 bits per heavy atom. The molecule has 0 aromatic heterocycles. The van der Waals surface area contributed by atoms with E-state index in [-0.39, 0.29) is 0 Å². The fraction of sp³-hybridized carbons (Fsp3) is 0.333. The summed E-state index contributed by atoms with van der Waals surface area (Å²) in [6.45, 7) is 2.67. The van der Waals surface area contributed by atoms with Gasteiger partial charge in [-0.15, -0.1) is 0 Å². The molecule has 0 saturated carbocycles. The summed E-state index contributed by atoms with van der Waals surface area (Å²) < 4.78 is 6.38. The van der Waals surface area contributed by atoms with E-state index < -0.39 is 6.10 Å². The van der Waals surface area contributed by atoms with E-state index in [1.165, 1.54) is 0 Å². The standard InChI is InChI=1S/C12H13BrO2/c1-8-7-9(13)4-5-10(8)12(14)11-3-2-6-15-11/h3-5,7,12,14H,2,6H2,1H3. The monoisotopic (exact) mass is 268 g/mol. The molecule has 80 valence electrons. The fourth-order valence-electron chi connectivity index (χ4n) is 1.73. The number of benzene rings is 1. The molecule has 1 N–H and O–H groups in total. The Balaban J connectivity index is 2.28. The second-order valence-electron chi connectivity index (χ2n) is 3.65. The lowest BCUT2D eigenvalue weighted by atomic mass is 10.0. The molecular formula is C12H13BrO2. The van der Waals surface area contributed by atoms with Crippen molar-refractivity contribution in [3.8, 4) is 0 Å². The Morgan fingerprint density at radius 3 is 2.87 bits per heavy atom. The molecule has 1 aromatic rings. The van der Waals surface area contributed by atoms with Gasteiger partial charge in [0.15, 0.2) is 0 Å². The molecule has 0 aliphatic carbocycles. The zero-order valence-electron chi connectivity index (χ0n) is 8.53. The number of hydrogen-bond donors (Lipinski definition) is 1. The van der Waals surface area contributed by atoms with Gasteiger partial charge in [0.1, 0.15) is 11.9 Å². The zero-order valence-corrected chi connectivity index (χ0v) is 10.1. The van der Waals surface area contributed by atoms with Crippen LogP contribution in [0.5, 0.6) is 0 Å². The molecular weight excluding hydrogens is 256 g/mol. The molecule has 1 unspecified atom stereocenters. The highest BCUT2D eigenvalue weighted by molar-refractivity contribution is 9.10. The third-order valence-electron chi connectivity index (χ3n) is 2.53. The van der Waals surface area contributed by atoms with Crippen LogP contribution < -0.4 is 0 Å². The van der Waals surface area contributed by atoms with Gasteiger partial charge in [-0.2, -0.15) is 0 Å². The predicted molar refractivity (Wildman–Crippen MR) is 62.5 cm³/mol. The van der Waals surface area contributed by atoms with E-state index in [4.69, 9.17) is 4.74 Å². The number of aliphatic hydroxyl groups is 1. The van der Waals surface area contributed by atoms with Crippen molar-refractivity contribution in [2.24, 2.45) is 0 Å². The molecule has 0 fully saturated rings. The maximum atomic E-state index is 10.1. The minimum Gasteiger partial charge on any atom is -0.495 e. The molecule has 15 heavy (non-hydrogen) atoms. The first-order valence-electron chi connectivity index (χ1n) is 4.95. The quantitative estimate of drug-likeness (QED) is 0.894. The molecule has 1 aliphatic rings. The summed E-state index contributed by atoms with van der Waals surface area (Å²) in [5, 5.41) is 10.1. The second kappa shape index (κ2) is 4.37. The van der Waals surface area contributed by atoms with Gasteiger partial charge in [0.2, 0.25) is 0 Å². The lowest BCUT2D eigenvalue weighted by molar-refractivity contribution is 0.118. The smallest absolute Gasteiger partial charge is 0.136 e. The van der Waals surface area contributed by atoms with Crippen LogP contribution in [0.4, 0.5) is 0 Å². The van der Waals surface area contributed by atoms with Crippen molar-refractivity contribution in [3.05, 3.63) is 45.6 Å². The van der Waals surface area contributed by atoms with Crippen LogP contribution in [0, 0.1) is 6.92 Å². The number of aryl methyl sites for hydroxylation is 1. The van der Waals surface area contributed by atoms with Crippen molar-refractivity contribution in [1.82, 2.24) is 0 Å². The number of aliphatic hydroxyl groups excluding tert-OH is 1. The molecule has 1 aromatic carbocycles. The first-order valence-corrected chi connectivity index (χ1v) is 5.75. The second-order valence-corrected chi connectivity index (χ2v) is 4.56. The van der Waals surface area contributed by atoms with Crippen LogP contribution in [0.2, 0.25) is 0 Å². The van der Waals surface area contributed by atoms with Gasteiger partial charge in [0, 0.05) is 10.9 Å². The van der Waals surface area contributed by atoms with Crippen LogP contribution in [-0.2, 0) is 4.74 Å². The van der Waals surface area contributed by atoms with Gasteiger partial charge in [0.25, 0.3) is 0 Å². The molecule has 0 bridgehead atoms. The van der Waals surface area contributed by atoms with Crippen molar-refractivity contribution in [2.45, 2.75) is 19.4 Å². The Hall–Kier alpha value is -0.800. The van der Waals surface area contributed by atoms with Crippen molar-refractivity contribution in [3.63, 3.8) is 0 Å². The molecule has 0 saturated heterocycles. The van der Waals surface area contributed by atoms with Crippen LogP contribution in [0.15, 0.2) is 34.5 Å². The van der Waals surface area contributed by atoms with Crippen molar-refractivity contribution < 1.29 is 9.84 Å². The largest absolute Gasteiger partial charge is 0.495 e. The Bertz CT molecular complexity index is 399. The number of ether oxygens (including phenoxy) is 1. The van der Waals surface area contributed by atoms with Gasteiger partial charge >= 0.3 is 0 Å². The van der Waals surface area contributed by atoms with Crippen LogP contribution in [0.3, 0.4) is 0 Å². The van der Waals surface area contributed by atoms with Crippen molar-refractivity contribution >= 4 is 15.9 Å². The minimum atomic E-state index is -0.624. The third-order valence-corrected chi connectivity index (χ3v) is 3.02. The molecule has 1 atom stereocenters. The summed E-state index contributed by atoms with van der Waals surface area (Å²) in [5.41, 5.74) is 1.97. The van der Waals surface area contributed by atoms with Crippen molar-refractivity contribution in [2.75, 3.05) is 6.61 Å². The first-order chi connectivity index (χ1) is 7.18. The molecule has 1 heterocycles. The van der Waals surface area contributed by atoms with E-state index in [1.54, 1.807) is 0 Å². The Kier molecular flexibility index (Phi) is 3.12. The van der Waals surface area contributed by atoms with Gasteiger partial charge in [-0.25, -0.2) is 0 Å². The summed E-state index contributed by atoms with van der Waals surface area (Å²) in [5.74, 6) is 0.681. The van der Waals surface area contributed by atoms with Crippen LogP contribution in [-0.4, -0.2) is 11.7 Å². The lowest BCUT2D eigenvalue weighted by Gasteiger charge is -2.15. The van der Waals surface area contributed by atoms with E-state index in [0.717, 1.165) is 22.0 Å². The van der Waals surface area contributed by atoms with Gasteiger partial charge in [-0.05, 0) is 36.3 Å². The van der Waals surface area contributed by atoms with E-state index in [1.807, 2.05) is 31.2 Å². The normalized spacial score (nSPS) is 17.1. The van der Waals surface area contributed by atoms with Crippen LogP contribution in [0.25, 0.3) is 0 Å². The fourth-order valence-corrected chi connectivity index (χ4v) is 2.20. The molecule has 2 rings (SSSR count). The SMILES string of the molecule is Cc1cc(Br)ccc1C(O)C1=CCCO1. The molecule has 0 amide bonds. The average molecular weight is 269 g/mol. The summed E-state index contributed by atoms with van der Waals surface area (Å²) in [4.78, 5) is 0. The zero-order chi connectivity index (χ0) is 10.8. The van der Waals surface area contributed by atoms with Gasteiger partial charge in [-0.3, -0.25) is 0 Å². The third kappa shape index (κ3) is 2.24. The van der Waals surface area contributed by atoms with Crippen LogP contribution in [0.1, 0.15) is 23.7 Å². The lowest BCUT2D eigenvalue weighted by Crippen LogP contribution is -2.04. The Morgan fingerprint density at radius 2 is 2.27 bits per heavy atom. The average Bonchev–Trinajstić information content (AvgIpc) is 2.69. The van der Waals surface area contributed by atoms with Gasteiger partial charge < -0.3 is 9.84 Å². The highest BCUT2D eigenvalue weighted by atomic mass is 79.9. The van der Waals surface area contributed by atoms with Gasteiger partial charge in [0.05, 0.1) is 6.61 Å². The van der Waals surface area contributed by atoms with E-state index >= 15 is 0 Å². The van der Waals surface area contributed by atoms with E-state index in [2.05, 4.69) is 15.9 Å². The minimum absolute atomic E-state index is 0.624. The number of hydrogen-bond acceptors (Lipinski definition) is 2. The Labute approximate surface area is 97.7 Å². The first kappa shape index (κ1) is 10.7. The summed E-state index contributed by atoms with van der Waals surface area (Å²) in [6, 6.07) is 5.85. The van der Waals surface area contributed by atoms with Crippen LogP contribution >= 0.6 is 15.9 Å². The molecule has 2 nitrogen and oxygen atoms in total.